The molecule has 0 unspecified atom stereocenters. The topological polar surface area (TPSA) is 67.8 Å². The predicted molar refractivity (Wildman–Crippen MR) is 104 cm³/mol. The minimum Gasteiger partial charge on any atom is -0.398 e. The van der Waals surface area contributed by atoms with Crippen molar-refractivity contribution in [3.8, 4) is 11.8 Å². The third kappa shape index (κ3) is 5.60. The van der Waals surface area contributed by atoms with E-state index in [0.29, 0.717) is 17.2 Å². The summed E-state index contributed by atoms with van der Waals surface area (Å²) in [6.07, 6.45) is 0.379. The summed E-state index contributed by atoms with van der Waals surface area (Å²) in [6.45, 7) is 1.65. The number of halogens is 1. The molecule has 0 aliphatic rings. The molecular weight excluding hydrogens is 372 g/mol. The average molecular weight is 391 g/mol. The summed E-state index contributed by atoms with van der Waals surface area (Å²) < 4.78 is 28.2. The Morgan fingerprint density at radius 3 is 2.42 bits per heavy atom. The molecule has 0 saturated carbocycles. The summed E-state index contributed by atoms with van der Waals surface area (Å²) in [5.74, 6) is 5.55. The maximum atomic E-state index is 12.8. The molecule has 136 valence electrons. The fraction of sp³-hybridized carbons (Fsp3) is 0.211. The fourth-order valence-corrected chi connectivity index (χ4v) is 3.64. The monoisotopic (exact) mass is 390 g/mol. The molecule has 2 rings (SSSR count). The number of hydrogen-bond acceptors (Lipinski definition) is 4. The van der Waals surface area contributed by atoms with E-state index in [-0.39, 0.29) is 4.90 Å². The van der Waals surface area contributed by atoms with Crippen LogP contribution in [0.2, 0.25) is 5.02 Å². The molecule has 0 aliphatic carbocycles. The van der Waals surface area contributed by atoms with Crippen LogP contribution in [0.15, 0.2) is 64.6 Å². The van der Waals surface area contributed by atoms with E-state index in [1.54, 1.807) is 6.92 Å². The van der Waals surface area contributed by atoms with Gasteiger partial charge in [-0.25, -0.2) is 13.1 Å². The first-order valence-electron chi connectivity index (χ1n) is 7.82. The lowest BCUT2D eigenvalue weighted by atomic mass is 10.0. The smallest absolute Gasteiger partial charge is 0.241 e. The number of benzene rings is 2. The first-order chi connectivity index (χ1) is 12.5. The molecule has 7 heteroatoms. The van der Waals surface area contributed by atoms with Crippen molar-refractivity contribution in [3.63, 3.8) is 0 Å². The number of hydrogen-bond donors (Lipinski definition) is 1. The molecule has 0 aliphatic heterocycles. The van der Waals surface area contributed by atoms with Crippen molar-refractivity contribution >= 4 is 27.3 Å². The molecule has 0 spiro atoms. The van der Waals surface area contributed by atoms with E-state index in [1.807, 2.05) is 30.3 Å². The average Bonchev–Trinajstić information content (AvgIpc) is 2.62. The van der Waals surface area contributed by atoms with E-state index in [9.17, 15) is 8.42 Å². The summed E-state index contributed by atoms with van der Waals surface area (Å²) in [5, 5.41) is 4.36. The zero-order valence-electron chi connectivity index (χ0n) is 14.4. The Morgan fingerprint density at radius 2 is 1.85 bits per heavy atom. The third-order valence-corrected chi connectivity index (χ3v) is 5.22. The molecule has 0 fully saturated rings. The van der Waals surface area contributed by atoms with E-state index in [2.05, 4.69) is 21.7 Å². The zero-order valence-corrected chi connectivity index (χ0v) is 16.0. The third-order valence-electron chi connectivity index (χ3n) is 3.48. The molecule has 2 aromatic rings. The quantitative estimate of drug-likeness (QED) is 0.448. The molecular formula is C19H19ClN2O3S. The Hall–Kier alpha value is -2.33. The molecule has 5 nitrogen and oxygen atoms in total. The predicted octanol–water partition coefficient (Wildman–Crippen LogP) is 3.26. The Labute approximate surface area is 159 Å². The van der Waals surface area contributed by atoms with Gasteiger partial charge in [0.2, 0.25) is 10.0 Å². The van der Waals surface area contributed by atoms with Gasteiger partial charge >= 0.3 is 0 Å². The van der Waals surface area contributed by atoms with Crippen LogP contribution in [0.4, 0.5) is 0 Å². The number of sulfonamides is 1. The van der Waals surface area contributed by atoms with E-state index in [1.165, 1.54) is 31.4 Å². The van der Waals surface area contributed by atoms with Crippen LogP contribution < -0.4 is 4.72 Å². The van der Waals surface area contributed by atoms with Crippen molar-refractivity contribution < 1.29 is 13.3 Å². The molecule has 1 N–H and O–H groups in total. The second-order valence-corrected chi connectivity index (χ2v) is 7.50. The second kappa shape index (κ2) is 9.39. The van der Waals surface area contributed by atoms with Crippen LogP contribution in [-0.4, -0.2) is 27.3 Å². The van der Waals surface area contributed by atoms with Gasteiger partial charge in [0.25, 0.3) is 0 Å². The van der Waals surface area contributed by atoms with Crippen molar-refractivity contribution in [3.05, 3.63) is 65.2 Å². The molecule has 0 radical (unpaired) electrons. The van der Waals surface area contributed by atoms with Gasteiger partial charge in [0.05, 0.1) is 10.9 Å². The highest BCUT2D eigenvalue weighted by Crippen LogP contribution is 2.15. The summed E-state index contributed by atoms with van der Waals surface area (Å²) in [5.41, 5.74) is 1.24. The standard InChI is InChI=1S/C19H19ClN2O3S/c1-3-7-18(21-25-2)19(14-15-8-5-4-6-9-15)22-26(23,24)17-12-10-16(20)11-13-17/h4-6,8-13,19,22H,14H2,1-2H3/b21-18+/t19-/m1/s1. The van der Waals surface area contributed by atoms with Gasteiger partial charge < -0.3 is 4.84 Å². The van der Waals surface area contributed by atoms with Gasteiger partial charge in [-0.15, -0.1) is 0 Å². The molecule has 2 aromatic carbocycles. The summed E-state index contributed by atoms with van der Waals surface area (Å²) in [7, 11) is -2.40. The van der Waals surface area contributed by atoms with Gasteiger partial charge in [-0.1, -0.05) is 53.0 Å². The fourth-order valence-electron chi connectivity index (χ4n) is 2.31. The number of rotatable bonds is 7. The van der Waals surface area contributed by atoms with Crippen LogP contribution in [0.25, 0.3) is 0 Å². The number of nitrogens with zero attached hydrogens (tertiary/aromatic N) is 1. The van der Waals surface area contributed by atoms with Crippen molar-refractivity contribution in [2.24, 2.45) is 5.16 Å². The lowest BCUT2D eigenvalue weighted by Gasteiger charge is -2.18. The molecule has 0 saturated heterocycles. The van der Waals surface area contributed by atoms with E-state index in [4.69, 9.17) is 16.4 Å². The van der Waals surface area contributed by atoms with E-state index in [0.717, 1.165) is 5.56 Å². The SMILES string of the molecule is CC#C/C(=N\OC)[C@@H](Cc1ccccc1)NS(=O)(=O)c1ccc(Cl)cc1. The largest absolute Gasteiger partial charge is 0.398 e. The van der Waals surface area contributed by atoms with Crippen LogP contribution in [0, 0.1) is 11.8 Å². The maximum Gasteiger partial charge on any atom is 0.241 e. The number of nitrogens with one attached hydrogen (secondary N) is 1. The minimum absolute atomic E-state index is 0.112. The number of oxime groups is 1. The first-order valence-corrected chi connectivity index (χ1v) is 9.68. The highest BCUT2D eigenvalue weighted by molar-refractivity contribution is 7.89. The Kier molecular flexibility index (Phi) is 7.22. The zero-order chi connectivity index (χ0) is 19.0. The molecule has 0 bridgehead atoms. The molecule has 0 aromatic heterocycles. The van der Waals surface area contributed by atoms with Gasteiger partial charge in [-0.05, 0) is 49.1 Å². The van der Waals surface area contributed by atoms with Crippen molar-refractivity contribution in [1.82, 2.24) is 4.72 Å². The lowest BCUT2D eigenvalue weighted by Crippen LogP contribution is -2.42. The Bertz CT molecular complexity index is 915. The van der Waals surface area contributed by atoms with Crippen molar-refractivity contribution in [2.75, 3.05) is 7.11 Å². The second-order valence-electron chi connectivity index (χ2n) is 5.35. The van der Waals surface area contributed by atoms with Gasteiger partial charge in [0.15, 0.2) is 0 Å². The highest BCUT2D eigenvalue weighted by Gasteiger charge is 2.24. The molecule has 1 atom stereocenters. The normalized spacial score (nSPS) is 12.8. The molecule has 26 heavy (non-hydrogen) atoms. The Balaban J connectivity index is 2.37. The Morgan fingerprint density at radius 1 is 1.19 bits per heavy atom. The van der Waals surface area contributed by atoms with Gasteiger partial charge in [0, 0.05) is 5.02 Å². The minimum atomic E-state index is -3.79. The van der Waals surface area contributed by atoms with Crippen LogP contribution >= 0.6 is 11.6 Å². The van der Waals surface area contributed by atoms with E-state index >= 15 is 0 Å². The summed E-state index contributed by atoms with van der Waals surface area (Å²) in [6, 6.07) is 14.8. The first kappa shape index (κ1) is 20.0. The van der Waals surface area contributed by atoms with Crippen molar-refractivity contribution in [2.45, 2.75) is 24.3 Å². The van der Waals surface area contributed by atoms with Crippen LogP contribution in [0.5, 0.6) is 0 Å². The summed E-state index contributed by atoms with van der Waals surface area (Å²) >= 11 is 5.84. The van der Waals surface area contributed by atoms with Crippen molar-refractivity contribution in [1.29, 1.82) is 0 Å². The van der Waals surface area contributed by atoms with E-state index < -0.39 is 16.1 Å². The highest BCUT2D eigenvalue weighted by atomic mass is 35.5. The molecule has 0 amide bonds. The lowest BCUT2D eigenvalue weighted by molar-refractivity contribution is 0.212. The van der Waals surface area contributed by atoms with Gasteiger partial charge in [-0.2, -0.15) is 0 Å². The van der Waals surface area contributed by atoms with Gasteiger partial charge in [-0.3, -0.25) is 0 Å². The van der Waals surface area contributed by atoms with Gasteiger partial charge in [0.1, 0.15) is 12.8 Å². The summed E-state index contributed by atoms with van der Waals surface area (Å²) in [4.78, 5) is 4.96. The maximum absolute atomic E-state index is 12.8. The van der Waals surface area contributed by atoms with Crippen LogP contribution in [0.3, 0.4) is 0 Å². The molecule has 0 heterocycles. The van der Waals surface area contributed by atoms with Crippen LogP contribution in [-0.2, 0) is 21.3 Å². The van der Waals surface area contributed by atoms with Crippen LogP contribution in [0.1, 0.15) is 12.5 Å².